The molecule has 0 aliphatic heterocycles. The van der Waals surface area contributed by atoms with Gasteiger partial charge < -0.3 is 14.7 Å². The maximum atomic E-state index is 13.3. The number of carbonyl (C=O) groups excluding carboxylic acids is 3. The first-order valence-electron chi connectivity index (χ1n) is 16.3. The van der Waals surface area contributed by atoms with Gasteiger partial charge in [-0.25, -0.2) is 0 Å². The summed E-state index contributed by atoms with van der Waals surface area (Å²) in [4.78, 5) is 47.2. The van der Waals surface area contributed by atoms with Gasteiger partial charge in [0.15, 0.2) is 0 Å². The van der Waals surface area contributed by atoms with Crippen molar-refractivity contribution in [2.24, 2.45) is 5.92 Å². The normalized spacial score (nSPS) is 11.1. The summed E-state index contributed by atoms with van der Waals surface area (Å²) >= 11 is 0. The number of hydrogen-bond donors (Lipinski definition) is 0. The van der Waals surface area contributed by atoms with E-state index in [0.717, 1.165) is 30.4 Å². The summed E-state index contributed by atoms with van der Waals surface area (Å²) in [5.41, 5.74) is 5.51. The van der Waals surface area contributed by atoms with Crippen molar-refractivity contribution in [1.82, 2.24) is 19.6 Å². The van der Waals surface area contributed by atoms with Crippen molar-refractivity contribution in [2.75, 3.05) is 60.4 Å². The average molecular weight is 613 g/mol. The number of benzene rings is 3. The summed E-state index contributed by atoms with van der Waals surface area (Å²) in [6, 6.07) is 23.5. The minimum atomic E-state index is -0.0121. The quantitative estimate of drug-likeness (QED) is 0.201. The fourth-order valence-corrected chi connectivity index (χ4v) is 5.33. The Kier molecular flexibility index (Phi) is 13.8. The van der Waals surface area contributed by atoms with Gasteiger partial charge in [-0.1, -0.05) is 64.1 Å². The molecule has 0 saturated carbocycles. The minimum Gasteiger partial charge on any atom is -0.340 e. The Morgan fingerprint density at radius 2 is 0.867 bits per heavy atom. The van der Waals surface area contributed by atoms with Crippen LogP contribution in [0.4, 0.5) is 0 Å². The molecular weight excluding hydrogens is 560 g/mol. The summed E-state index contributed by atoms with van der Waals surface area (Å²) in [7, 11) is 5.49. The number of amides is 3. The highest BCUT2D eigenvalue weighted by atomic mass is 16.2. The maximum absolute atomic E-state index is 13.3. The Labute approximate surface area is 270 Å². The van der Waals surface area contributed by atoms with Crippen LogP contribution in [-0.2, 0) is 19.3 Å². The van der Waals surface area contributed by atoms with Crippen LogP contribution in [0.2, 0.25) is 0 Å². The Morgan fingerprint density at radius 1 is 0.533 bits per heavy atom. The molecule has 0 unspecified atom stereocenters. The number of nitrogens with zero attached hydrogens (tertiary/aromatic N) is 4. The van der Waals surface area contributed by atoms with Crippen LogP contribution in [-0.4, -0.2) is 97.7 Å². The Hall–Kier alpha value is -3.97. The fourth-order valence-electron chi connectivity index (χ4n) is 5.33. The van der Waals surface area contributed by atoms with Gasteiger partial charge in [0.2, 0.25) is 0 Å². The van der Waals surface area contributed by atoms with Gasteiger partial charge in [-0.15, -0.1) is 0 Å². The van der Waals surface area contributed by atoms with Crippen LogP contribution in [0.3, 0.4) is 0 Å². The van der Waals surface area contributed by atoms with Gasteiger partial charge in [-0.05, 0) is 78.3 Å². The number of carbonyl (C=O) groups is 3. The third-order valence-electron chi connectivity index (χ3n) is 8.28. The summed E-state index contributed by atoms with van der Waals surface area (Å²) in [5.74, 6) is 0.485. The predicted octanol–water partition coefficient (Wildman–Crippen LogP) is 5.93. The Morgan fingerprint density at radius 3 is 1.20 bits per heavy atom. The van der Waals surface area contributed by atoms with Crippen LogP contribution in [0.25, 0.3) is 0 Å². The van der Waals surface area contributed by atoms with Crippen LogP contribution in [0, 0.1) is 5.92 Å². The highest BCUT2D eigenvalue weighted by Gasteiger charge is 2.19. The lowest BCUT2D eigenvalue weighted by molar-refractivity contribution is 0.0736. The van der Waals surface area contributed by atoms with E-state index in [1.54, 1.807) is 14.7 Å². The maximum Gasteiger partial charge on any atom is 0.253 e. The molecule has 0 aliphatic carbocycles. The lowest BCUT2D eigenvalue weighted by Gasteiger charge is -2.29. The summed E-state index contributed by atoms with van der Waals surface area (Å²) in [5, 5.41) is 0. The van der Waals surface area contributed by atoms with Gasteiger partial charge in [0.1, 0.15) is 0 Å². The van der Waals surface area contributed by atoms with Gasteiger partial charge in [0, 0.05) is 77.1 Å². The van der Waals surface area contributed by atoms with E-state index in [4.69, 9.17) is 0 Å². The van der Waals surface area contributed by atoms with Crippen molar-refractivity contribution in [3.8, 4) is 0 Å². The lowest BCUT2D eigenvalue weighted by Crippen LogP contribution is -2.44. The molecule has 0 bridgehead atoms. The molecule has 0 fully saturated rings. The number of rotatable bonds is 16. The molecule has 0 heterocycles. The van der Waals surface area contributed by atoms with Crippen molar-refractivity contribution in [3.63, 3.8) is 0 Å². The van der Waals surface area contributed by atoms with E-state index in [0.29, 0.717) is 61.9 Å². The Bertz CT molecular complexity index is 1350. The van der Waals surface area contributed by atoms with Crippen molar-refractivity contribution >= 4 is 17.7 Å². The van der Waals surface area contributed by atoms with Crippen LogP contribution in [0.5, 0.6) is 0 Å². The molecule has 0 atom stereocenters. The lowest BCUT2D eigenvalue weighted by atomic mass is 10.0. The molecule has 0 radical (unpaired) electrons. The zero-order chi connectivity index (χ0) is 32.9. The first-order chi connectivity index (χ1) is 21.5. The second-order valence-electron chi connectivity index (χ2n) is 12.4. The minimum absolute atomic E-state index is 0.00763. The molecule has 0 aliphatic rings. The van der Waals surface area contributed by atoms with E-state index in [9.17, 15) is 14.4 Å². The molecular formula is C38H52N4O3. The predicted molar refractivity (Wildman–Crippen MR) is 184 cm³/mol. The van der Waals surface area contributed by atoms with E-state index in [2.05, 4.69) is 38.7 Å². The van der Waals surface area contributed by atoms with Crippen LogP contribution in [0.1, 0.15) is 75.5 Å². The molecule has 7 heteroatoms. The average Bonchev–Trinajstić information content (AvgIpc) is 3.06. The summed E-state index contributed by atoms with van der Waals surface area (Å²) < 4.78 is 0. The van der Waals surface area contributed by atoms with Crippen molar-refractivity contribution in [1.29, 1.82) is 0 Å². The molecule has 3 aromatic carbocycles. The van der Waals surface area contributed by atoms with Gasteiger partial charge >= 0.3 is 0 Å². The van der Waals surface area contributed by atoms with E-state index < -0.39 is 0 Å². The van der Waals surface area contributed by atoms with Gasteiger partial charge in [0.05, 0.1) is 0 Å². The second kappa shape index (κ2) is 17.5. The van der Waals surface area contributed by atoms with E-state index in [1.165, 1.54) is 5.56 Å². The van der Waals surface area contributed by atoms with Crippen LogP contribution < -0.4 is 0 Å². The number of likely N-dealkylation sites (N-methyl/N-ethyl adjacent to an activating group) is 3. The summed E-state index contributed by atoms with van der Waals surface area (Å²) in [6.45, 7) is 12.0. The zero-order valence-corrected chi connectivity index (χ0v) is 28.4. The number of aryl methyl sites for hydroxylation is 2. The highest BCUT2D eigenvalue weighted by Crippen LogP contribution is 2.13. The third kappa shape index (κ3) is 10.9. The molecule has 0 aromatic heterocycles. The molecule has 3 amide bonds. The molecule has 45 heavy (non-hydrogen) atoms. The second-order valence-corrected chi connectivity index (χ2v) is 12.4. The molecule has 3 rings (SSSR count). The van der Waals surface area contributed by atoms with Gasteiger partial charge in [-0.3, -0.25) is 19.3 Å². The summed E-state index contributed by atoms with van der Waals surface area (Å²) in [6.07, 6.45) is 2.69. The number of hydrogen-bond acceptors (Lipinski definition) is 4. The first-order valence-corrected chi connectivity index (χ1v) is 16.3. The molecule has 0 N–H and O–H groups in total. The molecule has 242 valence electrons. The third-order valence-corrected chi connectivity index (χ3v) is 8.28. The zero-order valence-electron chi connectivity index (χ0n) is 28.4. The smallest absolute Gasteiger partial charge is 0.253 e. The first kappa shape index (κ1) is 35.5. The topological polar surface area (TPSA) is 64.2 Å². The Balaban J connectivity index is 1.67. The molecule has 3 aromatic rings. The van der Waals surface area contributed by atoms with Crippen molar-refractivity contribution in [3.05, 3.63) is 106 Å². The SMILES string of the molecule is CCc1cccc(C(=O)N(C)CCN(CCN(C)C(=O)c2cccc(CC)c2)CCN(C)C(=O)c2cccc(CC(C)C)c2)c1. The van der Waals surface area contributed by atoms with E-state index >= 15 is 0 Å². The largest absolute Gasteiger partial charge is 0.340 e. The molecule has 7 nitrogen and oxygen atoms in total. The van der Waals surface area contributed by atoms with Crippen molar-refractivity contribution in [2.45, 2.75) is 47.0 Å². The van der Waals surface area contributed by atoms with E-state index in [-0.39, 0.29) is 17.7 Å². The fraction of sp³-hybridized carbons (Fsp3) is 0.447. The highest BCUT2D eigenvalue weighted by molar-refractivity contribution is 5.95. The molecule has 0 saturated heterocycles. The monoisotopic (exact) mass is 612 g/mol. The van der Waals surface area contributed by atoms with Gasteiger partial charge in [0.25, 0.3) is 17.7 Å². The van der Waals surface area contributed by atoms with E-state index in [1.807, 2.05) is 87.9 Å². The van der Waals surface area contributed by atoms with Gasteiger partial charge in [-0.2, -0.15) is 0 Å². The van der Waals surface area contributed by atoms with Crippen LogP contribution >= 0.6 is 0 Å². The van der Waals surface area contributed by atoms with Crippen molar-refractivity contribution < 1.29 is 14.4 Å². The molecule has 0 spiro atoms. The standard InChI is InChI=1S/C38H52N4O3/c1-8-30-13-10-16-33(26-30)36(43)39(5)19-22-42(23-20-40(6)37(44)34-17-11-14-31(9-2)27-34)24-21-41(7)38(45)35-18-12-15-32(28-35)25-29(3)4/h10-18,26-29H,8-9,19-25H2,1-7H3. The van der Waals surface area contributed by atoms with Crippen LogP contribution in [0.15, 0.2) is 72.8 Å².